The van der Waals surface area contributed by atoms with Gasteiger partial charge in [-0.05, 0) is 29.7 Å². The van der Waals surface area contributed by atoms with E-state index in [1.807, 2.05) is 0 Å². The molecular weight excluding hydrogens is 265 g/mol. The second-order valence-electron chi connectivity index (χ2n) is 3.43. The number of rotatable bonds is 1. The topological polar surface area (TPSA) is 49.3 Å². The highest BCUT2D eigenvalue weighted by Gasteiger charge is 2.27. The molecule has 1 aromatic rings. The van der Waals surface area contributed by atoms with Gasteiger partial charge in [0, 0.05) is 11.0 Å². The Hall–Kier alpha value is -0.940. The maximum atomic E-state index is 13.1. The molecule has 80 valence electrons. The number of hydrogen-bond acceptors (Lipinski definition) is 2. The summed E-state index contributed by atoms with van der Waals surface area (Å²) < 4.78 is 13.8. The van der Waals surface area contributed by atoms with Gasteiger partial charge >= 0.3 is 5.97 Å². The fourth-order valence-electron chi connectivity index (χ4n) is 1.82. The van der Waals surface area contributed by atoms with Crippen LogP contribution in [0, 0.1) is 5.82 Å². The number of halogens is 2. The Balaban J connectivity index is 2.55. The van der Waals surface area contributed by atoms with Gasteiger partial charge < -0.3 is 10.4 Å². The van der Waals surface area contributed by atoms with E-state index in [1.165, 1.54) is 12.1 Å². The van der Waals surface area contributed by atoms with Gasteiger partial charge in [-0.2, -0.15) is 0 Å². The fraction of sp³-hybridized carbons (Fsp3) is 0.300. The smallest absolute Gasteiger partial charge is 0.325 e. The Labute approximate surface area is 94.4 Å². The van der Waals surface area contributed by atoms with Crippen LogP contribution in [0.1, 0.15) is 17.2 Å². The van der Waals surface area contributed by atoms with Crippen molar-refractivity contribution in [3.63, 3.8) is 0 Å². The summed E-state index contributed by atoms with van der Waals surface area (Å²) in [6.45, 7) is 0.591. The van der Waals surface area contributed by atoms with Crippen molar-refractivity contribution in [1.29, 1.82) is 0 Å². The summed E-state index contributed by atoms with van der Waals surface area (Å²) in [5.74, 6) is -1.40. The van der Waals surface area contributed by atoms with Crippen molar-refractivity contribution < 1.29 is 14.3 Å². The molecular formula is C10H9BrFNO2. The lowest BCUT2D eigenvalue weighted by Crippen LogP contribution is -2.35. The second-order valence-corrected chi connectivity index (χ2v) is 4.29. The minimum atomic E-state index is -0.978. The molecule has 0 aromatic heterocycles. The molecule has 5 heteroatoms. The third-order valence-corrected chi connectivity index (χ3v) is 3.18. The summed E-state index contributed by atoms with van der Waals surface area (Å²) in [6.07, 6.45) is 0.708. The summed E-state index contributed by atoms with van der Waals surface area (Å²) >= 11 is 3.25. The third-order valence-electron chi connectivity index (χ3n) is 2.48. The number of carboxylic acid groups (broad SMARTS) is 1. The van der Waals surface area contributed by atoms with E-state index in [0.29, 0.717) is 23.0 Å². The molecule has 0 fully saturated rings. The van der Waals surface area contributed by atoms with E-state index in [1.54, 1.807) is 0 Å². The lowest BCUT2D eigenvalue weighted by atomic mass is 9.94. The first-order chi connectivity index (χ1) is 7.09. The molecule has 0 spiro atoms. The minimum Gasteiger partial charge on any atom is -0.480 e. The maximum absolute atomic E-state index is 13.1. The zero-order valence-electron chi connectivity index (χ0n) is 7.76. The predicted octanol–water partition coefficient (Wildman–Crippen LogP) is 1.86. The predicted molar refractivity (Wildman–Crippen MR) is 56.2 cm³/mol. The monoisotopic (exact) mass is 273 g/mol. The van der Waals surface area contributed by atoms with Gasteiger partial charge in [-0.3, -0.25) is 4.79 Å². The van der Waals surface area contributed by atoms with Crippen LogP contribution in [0.4, 0.5) is 4.39 Å². The summed E-state index contributed by atoms with van der Waals surface area (Å²) in [4.78, 5) is 10.9. The highest BCUT2D eigenvalue weighted by Crippen LogP contribution is 2.30. The van der Waals surface area contributed by atoms with Crippen LogP contribution in [-0.4, -0.2) is 17.6 Å². The minimum absolute atomic E-state index is 0.421. The van der Waals surface area contributed by atoms with Crippen molar-refractivity contribution in [3.05, 3.63) is 33.5 Å². The zero-order chi connectivity index (χ0) is 11.0. The molecule has 3 nitrogen and oxygen atoms in total. The van der Waals surface area contributed by atoms with Crippen molar-refractivity contribution in [2.45, 2.75) is 12.5 Å². The molecule has 0 radical (unpaired) electrons. The van der Waals surface area contributed by atoms with Gasteiger partial charge in [0.2, 0.25) is 0 Å². The number of benzene rings is 1. The van der Waals surface area contributed by atoms with Crippen molar-refractivity contribution >= 4 is 21.9 Å². The van der Waals surface area contributed by atoms with E-state index in [-0.39, 0.29) is 0 Å². The standard InChI is InChI=1S/C10H9BrFNO2/c11-8-4-5(12)3-7-6(8)1-2-13-9(7)10(14)15/h3-4,9,13H,1-2H2,(H,14,15). The lowest BCUT2D eigenvalue weighted by molar-refractivity contribution is -0.139. The lowest BCUT2D eigenvalue weighted by Gasteiger charge is -2.24. The molecule has 2 rings (SSSR count). The van der Waals surface area contributed by atoms with Crippen LogP contribution in [0.25, 0.3) is 0 Å². The Kier molecular flexibility index (Phi) is 2.75. The van der Waals surface area contributed by atoms with E-state index >= 15 is 0 Å². The van der Waals surface area contributed by atoms with Crippen molar-refractivity contribution in [2.24, 2.45) is 0 Å². The molecule has 1 aliphatic heterocycles. The molecule has 2 N–H and O–H groups in total. The molecule has 0 amide bonds. The Morgan fingerprint density at radius 2 is 2.33 bits per heavy atom. The van der Waals surface area contributed by atoms with Gasteiger partial charge in [0.1, 0.15) is 11.9 Å². The average Bonchev–Trinajstić information content (AvgIpc) is 2.16. The molecule has 1 heterocycles. The van der Waals surface area contributed by atoms with E-state index < -0.39 is 17.8 Å². The first-order valence-corrected chi connectivity index (χ1v) is 5.33. The number of nitrogens with one attached hydrogen (secondary N) is 1. The van der Waals surface area contributed by atoms with E-state index in [0.717, 1.165) is 5.56 Å². The number of carbonyl (C=O) groups is 1. The summed E-state index contributed by atoms with van der Waals surface area (Å²) in [5.41, 5.74) is 1.39. The number of carboxylic acids is 1. The molecule has 0 saturated carbocycles. The normalized spacial score (nSPS) is 19.7. The van der Waals surface area contributed by atoms with Crippen LogP contribution >= 0.6 is 15.9 Å². The molecule has 0 saturated heterocycles. The van der Waals surface area contributed by atoms with Crippen LogP contribution in [0.2, 0.25) is 0 Å². The van der Waals surface area contributed by atoms with Crippen molar-refractivity contribution in [3.8, 4) is 0 Å². The Bertz CT molecular complexity index is 422. The first-order valence-electron chi connectivity index (χ1n) is 4.53. The quantitative estimate of drug-likeness (QED) is 0.821. The van der Waals surface area contributed by atoms with E-state index in [2.05, 4.69) is 21.2 Å². The molecule has 0 bridgehead atoms. The second kappa shape index (κ2) is 3.90. The number of aliphatic carboxylic acids is 1. The van der Waals surface area contributed by atoms with Crippen LogP contribution < -0.4 is 5.32 Å². The van der Waals surface area contributed by atoms with Crippen molar-refractivity contribution in [2.75, 3.05) is 6.54 Å². The van der Waals surface area contributed by atoms with Gasteiger partial charge in [0.15, 0.2) is 0 Å². The highest BCUT2D eigenvalue weighted by atomic mass is 79.9. The molecule has 1 atom stereocenters. The Morgan fingerprint density at radius 3 is 3.00 bits per heavy atom. The maximum Gasteiger partial charge on any atom is 0.325 e. The molecule has 1 aromatic carbocycles. The summed E-state index contributed by atoms with van der Waals surface area (Å²) in [5, 5.41) is 11.8. The summed E-state index contributed by atoms with van der Waals surface area (Å²) in [6, 6.07) is 1.84. The number of fused-ring (bicyclic) bond motifs is 1. The van der Waals surface area contributed by atoms with Crippen molar-refractivity contribution in [1.82, 2.24) is 5.32 Å². The number of hydrogen-bond donors (Lipinski definition) is 2. The first kappa shape index (κ1) is 10.6. The van der Waals surface area contributed by atoms with Gasteiger partial charge in [-0.1, -0.05) is 15.9 Å². The zero-order valence-corrected chi connectivity index (χ0v) is 9.34. The van der Waals surface area contributed by atoms with E-state index in [9.17, 15) is 9.18 Å². The average molecular weight is 274 g/mol. The van der Waals surface area contributed by atoms with Crippen LogP contribution in [0.3, 0.4) is 0 Å². The highest BCUT2D eigenvalue weighted by molar-refractivity contribution is 9.10. The molecule has 1 aliphatic rings. The van der Waals surface area contributed by atoms with Gasteiger partial charge in [-0.25, -0.2) is 4.39 Å². The third kappa shape index (κ3) is 1.89. The molecule has 1 unspecified atom stereocenters. The molecule has 0 aliphatic carbocycles. The van der Waals surface area contributed by atoms with Gasteiger partial charge in [-0.15, -0.1) is 0 Å². The van der Waals surface area contributed by atoms with Crippen LogP contribution in [-0.2, 0) is 11.2 Å². The van der Waals surface area contributed by atoms with Crippen LogP contribution in [0.15, 0.2) is 16.6 Å². The van der Waals surface area contributed by atoms with Crippen LogP contribution in [0.5, 0.6) is 0 Å². The largest absolute Gasteiger partial charge is 0.480 e. The molecule has 15 heavy (non-hydrogen) atoms. The van der Waals surface area contributed by atoms with E-state index in [4.69, 9.17) is 5.11 Å². The summed E-state index contributed by atoms with van der Waals surface area (Å²) in [7, 11) is 0. The Morgan fingerprint density at radius 1 is 1.60 bits per heavy atom. The SMILES string of the molecule is O=C(O)C1NCCc2c(Br)cc(F)cc21. The van der Waals surface area contributed by atoms with Gasteiger partial charge in [0.25, 0.3) is 0 Å². The van der Waals surface area contributed by atoms with Gasteiger partial charge in [0.05, 0.1) is 0 Å². The fourth-order valence-corrected chi connectivity index (χ4v) is 2.46.